The SMILES string of the molecule is CN(CCCCCO)c1cc(C#N)ccn1. The lowest BCUT2D eigenvalue weighted by Crippen LogP contribution is -2.19. The third-order valence-corrected chi connectivity index (χ3v) is 2.42. The summed E-state index contributed by atoms with van der Waals surface area (Å²) in [7, 11) is 1.96. The molecular formula is C12H17N3O. The van der Waals surface area contributed by atoms with Crippen LogP contribution in [-0.2, 0) is 0 Å². The van der Waals surface area contributed by atoms with Gasteiger partial charge in [-0.15, -0.1) is 0 Å². The fraction of sp³-hybridized carbons (Fsp3) is 0.500. The van der Waals surface area contributed by atoms with Gasteiger partial charge < -0.3 is 10.0 Å². The van der Waals surface area contributed by atoms with Crippen LogP contribution in [0.2, 0.25) is 0 Å². The van der Waals surface area contributed by atoms with Crippen LogP contribution in [0.4, 0.5) is 5.82 Å². The third kappa shape index (κ3) is 3.87. The summed E-state index contributed by atoms with van der Waals surface area (Å²) in [6.07, 6.45) is 4.53. The molecule has 0 unspecified atom stereocenters. The molecule has 1 rings (SSSR count). The third-order valence-electron chi connectivity index (χ3n) is 2.42. The Morgan fingerprint density at radius 2 is 2.25 bits per heavy atom. The van der Waals surface area contributed by atoms with Gasteiger partial charge in [-0.25, -0.2) is 4.98 Å². The lowest BCUT2D eigenvalue weighted by molar-refractivity contribution is 0.283. The number of hydrogen-bond donors (Lipinski definition) is 1. The van der Waals surface area contributed by atoms with Crippen LogP contribution in [0.25, 0.3) is 0 Å². The Balaban J connectivity index is 2.46. The first-order chi connectivity index (χ1) is 7.77. The minimum absolute atomic E-state index is 0.256. The van der Waals surface area contributed by atoms with Gasteiger partial charge in [-0.2, -0.15) is 5.26 Å². The zero-order valence-electron chi connectivity index (χ0n) is 9.56. The summed E-state index contributed by atoms with van der Waals surface area (Å²) >= 11 is 0. The molecule has 0 radical (unpaired) electrons. The molecule has 1 heterocycles. The van der Waals surface area contributed by atoms with Gasteiger partial charge >= 0.3 is 0 Å². The maximum absolute atomic E-state index is 8.77. The van der Waals surface area contributed by atoms with Crippen LogP contribution in [0, 0.1) is 11.3 Å². The topological polar surface area (TPSA) is 60.1 Å². The van der Waals surface area contributed by atoms with E-state index in [9.17, 15) is 0 Å². The van der Waals surface area contributed by atoms with E-state index in [1.165, 1.54) is 0 Å². The monoisotopic (exact) mass is 219 g/mol. The molecule has 1 aromatic heterocycles. The van der Waals surface area contributed by atoms with Gasteiger partial charge in [0.2, 0.25) is 0 Å². The summed E-state index contributed by atoms with van der Waals surface area (Å²) in [5.41, 5.74) is 0.632. The van der Waals surface area contributed by atoms with Crippen LogP contribution >= 0.6 is 0 Å². The molecule has 0 aliphatic rings. The number of hydrogen-bond acceptors (Lipinski definition) is 4. The smallest absolute Gasteiger partial charge is 0.129 e. The van der Waals surface area contributed by atoms with Gasteiger partial charge in [0.1, 0.15) is 5.82 Å². The largest absolute Gasteiger partial charge is 0.396 e. The van der Waals surface area contributed by atoms with E-state index in [-0.39, 0.29) is 6.61 Å². The van der Waals surface area contributed by atoms with Gasteiger partial charge in [-0.3, -0.25) is 0 Å². The number of pyridine rings is 1. The maximum atomic E-state index is 8.77. The van der Waals surface area contributed by atoms with Crippen molar-refractivity contribution in [1.82, 2.24) is 4.98 Å². The molecule has 0 aliphatic heterocycles. The zero-order valence-corrected chi connectivity index (χ0v) is 9.56. The van der Waals surface area contributed by atoms with E-state index in [4.69, 9.17) is 10.4 Å². The second-order valence-corrected chi connectivity index (χ2v) is 3.72. The Hall–Kier alpha value is -1.60. The standard InChI is InChI=1S/C12H17N3O/c1-15(7-3-2-4-8-16)12-9-11(10-13)5-6-14-12/h5-6,9,16H,2-4,7-8H2,1H3. The van der Waals surface area contributed by atoms with Gasteiger partial charge in [0.05, 0.1) is 11.6 Å². The molecule has 0 bridgehead atoms. The van der Waals surface area contributed by atoms with E-state index in [0.29, 0.717) is 5.56 Å². The molecule has 4 nitrogen and oxygen atoms in total. The van der Waals surface area contributed by atoms with Gasteiger partial charge in [0.25, 0.3) is 0 Å². The molecule has 0 spiro atoms. The highest BCUT2D eigenvalue weighted by Crippen LogP contribution is 2.11. The lowest BCUT2D eigenvalue weighted by Gasteiger charge is -2.17. The Labute approximate surface area is 96.2 Å². The van der Waals surface area contributed by atoms with Crippen molar-refractivity contribution in [2.45, 2.75) is 19.3 Å². The van der Waals surface area contributed by atoms with Crippen LogP contribution in [0.15, 0.2) is 18.3 Å². The Morgan fingerprint density at radius 3 is 2.94 bits per heavy atom. The Morgan fingerprint density at radius 1 is 1.44 bits per heavy atom. The number of unbranched alkanes of at least 4 members (excludes halogenated alkanes) is 2. The van der Waals surface area contributed by atoms with Crippen molar-refractivity contribution in [3.05, 3.63) is 23.9 Å². The zero-order chi connectivity index (χ0) is 11.8. The van der Waals surface area contributed by atoms with Crippen LogP contribution in [0.3, 0.4) is 0 Å². The Kier molecular flexibility index (Phi) is 5.30. The van der Waals surface area contributed by atoms with Crippen molar-refractivity contribution in [1.29, 1.82) is 5.26 Å². The van der Waals surface area contributed by atoms with Crippen LogP contribution < -0.4 is 4.90 Å². The second kappa shape index (κ2) is 6.81. The second-order valence-electron chi connectivity index (χ2n) is 3.72. The fourth-order valence-corrected chi connectivity index (χ4v) is 1.45. The van der Waals surface area contributed by atoms with E-state index in [0.717, 1.165) is 31.6 Å². The average molecular weight is 219 g/mol. The van der Waals surface area contributed by atoms with Gasteiger partial charge in [-0.1, -0.05) is 0 Å². The van der Waals surface area contributed by atoms with Crippen molar-refractivity contribution in [2.24, 2.45) is 0 Å². The van der Waals surface area contributed by atoms with Gasteiger partial charge in [0, 0.05) is 26.4 Å². The predicted molar refractivity (Wildman–Crippen MR) is 63.2 cm³/mol. The summed E-state index contributed by atoms with van der Waals surface area (Å²) in [5.74, 6) is 0.822. The first kappa shape index (κ1) is 12.5. The van der Waals surface area contributed by atoms with E-state index in [2.05, 4.69) is 11.1 Å². The van der Waals surface area contributed by atoms with Crippen LogP contribution in [0.5, 0.6) is 0 Å². The molecule has 0 aromatic carbocycles. The molecule has 1 aromatic rings. The number of anilines is 1. The first-order valence-corrected chi connectivity index (χ1v) is 5.46. The summed E-state index contributed by atoms with van der Waals surface area (Å²) < 4.78 is 0. The number of rotatable bonds is 6. The highest BCUT2D eigenvalue weighted by molar-refractivity contribution is 5.44. The van der Waals surface area contributed by atoms with Crippen molar-refractivity contribution in [3.63, 3.8) is 0 Å². The maximum Gasteiger partial charge on any atom is 0.129 e. The number of nitriles is 1. The van der Waals surface area contributed by atoms with Crippen molar-refractivity contribution >= 4 is 5.82 Å². The highest BCUT2D eigenvalue weighted by atomic mass is 16.2. The number of aliphatic hydroxyl groups excluding tert-OH is 1. The summed E-state index contributed by atoms with van der Waals surface area (Å²) in [4.78, 5) is 6.24. The summed E-state index contributed by atoms with van der Waals surface area (Å²) in [6.45, 7) is 1.15. The molecular weight excluding hydrogens is 202 g/mol. The molecule has 1 N–H and O–H groups in total. The van der Waals surface area contributed by atoms with E-state index >= 15 is 0 Å². The van der Waals surface area contributed by atoms with Crippen molar-refractivity contribution < 1.29 is 5.11 Å². The molecule has 0 atom stereocenters. The molecule has 4 heteroatoms. The molecule has 0 saturated carbocycles. The van der Waals surface area contributed by atoms with Gasteiger partial charge in [0.15, 0.2) is 0 Å². The molecule has 0 aliphatic carbocycles. The molecule has 0 saturated heterocycles. The molecule has 0 amide bonds. The molecule has 86 valence electrons. The number of nitrogens with zero attached hydrogens (tertiary/aromatic N) is 3. The quantitative estimate of drug-likeness (QED) is 0.737. The van der Waals surface area contributed by atoms with Crippen LogP contribution in [-0.4, -0.2) is 30.3 Å². The number of aromatic nitrogens is 1. The lowest BCUT2D eigenvalue weighted by atomic mass is 10.2. The molecule has 16 heavy (non-hydrogen) atoms. The minimum atomic E-state index is 0.256. The molecule has 0 fully saturated rings. The van der Waals surface area contributed by atoms with E-state index < -0.39 is 0 Å². The highest BCUT2D eigenvalue weighted by Gasteiger charge is 2.02. The first-order valence-electron chi connectivity index (χ1n) is 5.46. The van der Waals surface area contributed by atoms with Gasteiger partial charge in [-0.05, 0) is 31.4 Å². The summed E-state index contributed by atoms with van der Waals surface area (Å²) in [5, 5.41) is 17.4. The van der Waals surface area contributed by atoms with Crippen LogP contribution in [0.1, 0.15) is 24.8 Å². The fourth-order valence-electron chi connectivity index (χ4n) is 1.45. The summed E-state index contributed by atoms with van der Waals surface area (Å²) in [6, 6.07) is 5.58. The normalized spacial score (nSPS) is 9.81. The predicted octanol–water partition coefficient (Wildman–Crippen LogP) is 1.55. The minimum Gasteiger partial charge on any atom is -0.396 e. The number of aliphatic hydroxyl groups is 1. The average Bonchev–Trinajstić information content (AvgIpc) is 2.34. The van der Waals surface area contributed by atoms with Crippen molar-refractivity contribution in [3.8, 4) is 6.07 Å². The van der Waals surface area contributed by atoms with Crippen molar-refractivity contribution in [2.75, 3.05) is 25.1 Å². The Bertz CT molecular complexity index is 360. The van der Waals surface area contributed by atoms with E-state index in [1.54, 1.807) is 18.3 Å². The van der Waals surface area contributed by atoms with E-state index in [1.807, 2.05) is 11.9 Å².